The van der Waals surface area contributed by atoms with Crippen LogP contribution in [0.4, 0.5) is 0 Å². The minimum absolute atomic E-state index is 0.0198. The highest BCUT2D eigenvalue weighted by atomic mass is 35.5. The second-order valence-corrected chi connectivity index (χ2v) is 5.34. The maximum atomic E-state index is 12.5. The van der Waals surface area contributed by atoms with Gasteiger partial charge in [-0.2, -0.15) is 0 Å². The summed E-state index contributed by atoms with van der Waals surface area (Å²) in [7, 11) is 0. The molecule has 19 heavy (non-hydrogen) atoms. The molecule has 102 valence electrons. The van der Waals surface area contributed by atoms with Crippen molar-refractivity contribution in [1.82, 2.24) is 4.90 Å². The van der Waals surface area contributed by atoms with Crippen LogP contribution in [0.2, 0.25) is 10.0 Å². The molecule has 2 rings (SSSR count). The Morgan fingerprint density at radius 2 is 2.00 bits per heavy atom. The third-order valence-electron chi connectivity index (χ3n) is 3.13. The highest BCUT2D eigenvalue weighted by molar-refractivity contribution is 6.43. The van der Waals surface area contributed by atoms with E-state index in [9.17, 15) is 9.59 Å². The molecule has 1 aromatic rings. The van der Waals surface area contributed by atoms with Crippen LogP contribution in [0.15, 0.2) is 18.2 Å². The van der Waals surface area contributed by atoms with Crippen LogP contribution in [0, 0.1) is 0 Å². The van der Waals surface area contributed by atoms with Gasteiger partial charge in [-0.1, -0.05) is 29.3 Å². The Kier molecular flexibility index (Phi) is 4.02. The van der Waals surface area contributed by atoms with Gasteiger partial charge in [0.25, 0.3) is 5.91 Å². The first-order valence-electron chi connectivity index (χ1n) is 5.93. The fraction of sp³-hybridized carbons (Fsp3) is 0.385. The molecule has 0 bridgehead atoms. The van der Waals surface area contributed by atoms with E-state index in [1.807, 2.05) is 0 Å². The molecule has 0 spiro atoms. The van der Waals surface area contributed by atoms with E-state index < -0.39 is 12.0 Å². The quantitative estimate of drug-likeness (QED) is 0.930. The molecule has 1 N–H and O–H groups in total. The minimum atomic E-state index is -1.03. The molecular weight excluding hydrogens is 289 g/mol. The highest BCUT2D eigenvalue weighted by Crippen LogP contribution is 2.33. The Balaban J connectivity index is 2.34. The molecule has 1 atom stereocenters. The number of carboxylic acid groups (broad SMARTS) is 1. The average molecular weight is 302 g/mol. The van der Waals surface area contributed by atoms with Gasteiger partial charge in [-0.3, -0.25) is 4.79 Å². The SMILES string of the molecule is CC(C(=O)O)N(C(=O)c1cccc(Cl)c1Cl)C1CC1. The lowest BCUT2D eigenvalue weighted by Gasteiger charge is -2.27. The normalized spacial score (nSPS) is 15.9. The van der Waals surface area contributed by atoms with E-state index in [2.05, 4.69) is 0 Å². The molecule has 1 unspecified atom stereocenters. The van der Waals surface area contributed by atoms with Crippen LogP contribution in [-0.2, 0) is 4.79 Å². The molecule has 6 heteroatoms. The number of benzene rings is 1. The summed E-state index contributed by atoms with van der Waals surface area (Å²) >= 11 is 11.9. The van der Waals surface area contributed by atoms with Crippen molar-refractivity contribution in [2.45, 2.75) is 31.8 Å². The average Bonchev–Trinajstić information content (AvgIpc) is 3.17. The van der Waals surface area contributed by atoms with Crippen LogP contribution < -0.4 is 0 Å². The predicted molar refractivity (Wildman–Crippen MR) is 72.8 cm³/mol. The Labute approximate surface area is 120 Å². The first-order valence-corrected chi connectivity index (χ1v) is 6.68. The molecule has 0 heterocycles. The number of hydrogen-bond donors (Lipinski definition) is 1. The maximum absolute atomic E-state index is 12.5. The van der Waals surface area contributed by atoms with E-state index in [4.69, 9.17) is 28.3 Å². The van der Waals surface area contributed by atoms with Crippen molar-refractivity contribution in [2.75, 3.05) is 0 Å². The molecule has 1 amide bonds. The van der Waals surface area contributed by atoms with Crippen LogP contribution >= 0.6 is 23.2 Å². The summed E-state index contributed by atoms with van der Waals surface area (Å²) in [6.07, 6.45) is 1.64. The monoisotopic (exact) mass is 301 g/mol. The van der Waals surface area contributed by atoms with Gasteiger partial charge in [-0.25, -0.2) is 4.79 Å². The number of hydrogen-bond acceptors (Lipinski definition) is 2. The Morgan fingerprint density at radius 1 is 1.37 bits per heavy atom. The van der Waals surface area contributed by atoms with Crippen LogP contribution in [-0.4, -0.2) is 34.0 Å². The molecule has 4 nitrogen and oxygen atoms in total. The lowest BCUT2D eigenvalue weighted by molar-refractivity contribution is -0.141. The largest absolute Gasteiger partial charge is 0.480 e. The zero-order valence-electron chi connectivity index (χ0n) is 10.3. The second kappa shape index (κ2) is 5.39. The first-order chi connectivity index (χ1) is 8.93. The summed E-state index contributed by atoms with van der Waals surface area (Å²) < 4.78 is 0. The number of nitrogens with zero attached hydrogens (tertiary/aromatic N) is 1. The summed E-state index contributed by atoms with van der Waals surface area (Å²) in [6.45, 7) is 1.50. The number of carboxylic acids is 1. The fourth-order valence-electron chi connectivity index (χ4n) is 1.94. The van der Waals surface area contributed by atoms with Gasteiger partial charge in [0.05, 0.1) is 15.6 Å². The second-order valence-electron chi connectivity index (χ2n) is 4.56. The van der Waals surface area contributed by atoms with Gasteiger partial charge >= 0.3 is 5.97 Å². The third-order valence-corrected chi connectivity index (χ3v) is 3.95. The Bertz CT molecular complexity index is 529. The molecule has 1 aliphatic carbocycles. The van der Waals surface area contributed by atoms with Gasteiger partial charge in [-0.05, 0) is 31.9 Å². The number of halogens is 2. The molecule has 0 aliphatic heterocycles. The molecule has 1 saturated carbocycles. The van der Waals surface area contributed by atoms with Gasteiger partial charge < -0.3 is 10.0 Å². The molecule has 0 saturated heterocycles. The number of aliphatic carboxylic acids is 1. The highest BCUT2D eigenvalue weighted by Gasteiger charge is 2.39. The molecule has 0 radical (unpaired) electrons. The van der Waals surface area contributed by atoms with Crippen LogP contribution in [0.5, 0.6) is 0 Å². The van der Waals surface area contributed by atoms with Gasteiger partial charge in [0.2, 0.25) is 0 Å². The lowest BCUT2D eigenvalue weighted by atomic mass is 10.1. The van der Waals surface area contributed by atoms with E-state index in [1.54, 1.807) is 18.2 Å². The maximum Gasteiger partial charge on any atom is 0.326 e. The van der Waals surface area contributed by atoms with E-state index in [1.165, 1.54) is 11.8 Å². The van der Waals surface area contributed by atoms with E-state index in [0.717, 1.165) is 12.8 Å². The van der Waals surface area contributed by atoms with Crippen molar-refractivity contribution < 1.29 is 14.7 Å². The van der Waals surface area contributed by atoms with Crippen LogP contribution in [0.1, 0.15) is 30.1 Å². The number of carbonyl (C=O) groups is 2. The zero-order chi connectivity index (χ0) is 14.2. The van der Waals surface area contributed by atoms with Gasteiger partial charge in [0.15, 0.2) is 0 Å². The minimum Gasteiger partial charge on any atom is -0.480 e. The fourth-order valence-corrected chi connectivity index (χ4v) is 2.32. The van der Waals surface area contributed by atoms with Gasteiger partial charge in [-0.15, -0.1) is 0 Å². The Hall–Kier alpha value is -1.26. The van der Waals surface area contributed by atoms with Gasteiger partial charge in [0, 0.05) is 6.04 Å². The molecule has 1 aromatic carbocycles. The lowest BCUT2D eigenvalue weighted by Crippen LogP contribution is -2.44. The van der Waals surface area contributed by atoms with E-state index >= 15 is 0 Å². The van der Waals surface area contributed by atoms with Crippen molar-refractivity contribution in [2.24, 2.45) is 0 Å². The van der Waals surface area contributed by atoms with Crippen molar-refractivity contribution in [3.63, 3.8) is 0 Å². The number of carbonyl (C=O) groups excluding carboxylic acids is 1. The topological polar surface area (TPSA) is 57.6 Å². The van der Waals surface area contributed by atoms with Crippen molar-refractivity contribution in [1.29, 1.82) is 0 Å². The summed E-state index contributed by atoms with van der Waals surface area (Å²) in [5.74, 6) is -1.41. The van der Waals surface area contributed by atoms with E-state index in [-0.39, 0.29) is 27.6 Å². The van der Waals surface area contributed by atoms with Crippen molar-refractivity contribution in [3.05, 3.63) is 33.8 Å². The standard InChI is InChI=1S/C13H13Cl2NO3/c1-7(13(18)19)16(8-5-6-8)12(17)9-3-2-4-10(14)11(9)15/h2-4,7-8H,5-6H2,1H3,(H,18,19). The number of rotatable bonds is 4. The summed E-state index contributed by atoms with van der Waals surface area (Å²) in [5, 5.41) is 9.54. The summed E-state index contributed by atoms with van der Waals surface area (Å²) in [4.78, 5) is 24.9. The zero-order valence-corrected chi connectivity index (χ0v) is 11.8. The van der Waals surface area contributed by atoms with Crippen molar-refractivity contribution in [3.8, 4) is 0 Å². The molecule has 1 fully saturated rings. The molecule has 0 aromatic heterocycles. The van der Waals surface area contributed by atoms with Crippen molar-refractivity contribution >= 4 is 35.1 Å². The van der Waals surface area contributed by atoms with Gasteiger partial charge in [0.1, 0.15) is 6.04 Å². The first kappa shape index (κ1) is 14.2. The smallest absolute Gasteiger partial charge is 0.326 e. The predicted octanol–water partition coefficient (Wildman–Crippen LogP) is 3.07. The van der Waals surface area contributed by atoms with Crippen LogP contribution in [0.25, 0.3) is 0 Å². The molecular formula is C13H13Cl2NO3. The summed E-state index contributed by atoms with van der Waals surface area (Å²) in [6, 6.07) is 3.87. The van der Waals surface area contributed by atoms with Crippen LogP contribution in [0.3, 0.4) is 0 Å². The third kappa shape index (κ3) is 2.85. The Morgan fingerprint density at radius 3 is 2.53 bits per heavy atom. The molecule has 1 aliphatic rings. The summed E-state index contributed by atoms with van der Waals surface area (Å²) in [5.41, 5.74) is 0.245. The number of amides is 1. The van der Waals surface area contributed by atoms with E-state index in [0.29, 0.717) is 0 Å².